The maximum absolute atomic E-state index is 12.4. The van der Waals surface area contributed by atoms with Crippen LogP contribution in [0.3, 0.4) is 0 Å². The molecule has 2 aromatic rings. The van der Waals surface area contributed by atoms with Crippen molar-refractivity contribution in [2.45, 2.75) is 51.5 Å². The van der Waals surface area contributed by atoms with E-state index in [-0.39, 0.29) is 5.91 Å². The van der Waals surface area contributed by atoms with Crippen LogP contribution in [0.15, 0.2) is 42.7 Å². The van der Waals surface area contributed by atoms with Crippen molar-refractivity contribution >= 4 is 5.91 Å². The molecule has 140 valence electrons. The summed E-state index contributed by atoms with van der Waals surface area (Å²) >= 11 is 0. The number of amides is 1. The Bertz CT molecular complexity index is 682. The highest BCUT2D eigenvalue weighted by molar-refractivity contribution is 5.78. The molecule has 5 nitrogen and oxygen atoms in total. The Morgan fingerprint density at radius 3 is 2.92 bits per heavy atom. The Balaban J connectivity index is 1.49. The topological polar surface area (TPSA) is 50.2 Å². The van der Waals surface area contributed by atoms with Crippen molar-refractivity contribution in [3.8, 4) is 5.69 Å². The summed E-state index contributed by atoms with van der Waals surface area (Å²) < 4.78 is 1.82. The molecule has 1 aliphatic heterocycles. The number of carbonyl (C=O) groups excluding carboxylic acids is 1. The van der Waals surface area contributed by atoms with Crippen molar-refractivity contribution < 1.29 is 4.79 Å². The molecule has 0 aliphatic carbocycles. The molecule has 0 spiro atoms. The lowest BCUT2D eigenvalue weighted by atomic mass is 10.0. The van der Waals surface area contributed by atoms with E-state index >= 15 is 0 Å². The molecular weight excluding hydrogens is 324 g/mol. The number of benzene rings is 1. The molecule has 1 fully saturated rings. The van der Waals surface area contributed by atoms with Gasteiger partial charge in [-0.05, 0) is 50.0 Å². The fourth-order valence-corrected chi connectivity index (χ4v) is 3.60. The average Bonchev–Trinajstić information content (AvgIpc) is 3.14. The van der Waals surface area contributed by atoms with E-state index in [0.29, 0.717) is 12.5 Å². The van der Waals surface area contributed by atoms with Gasteiger partial charge in [0.15, 0.2) is 0 Å². The van der Waals surface area contributed by atoms with E-state index in [1.54, 1.807) is 6.20 Å². The largest absolute Gasteiger partial charge is 0.354 e. The SMILES string of the molecule is CCCCN1CCCCC1CNC(=O)Cc1cnn(-c2ccccc2)c1. The highest BCUT2D eigenvalue weighted by atomic mass is 16.1. The summed E-state index contributed by atoms with van der Waals surface area (Å²) in [5, 5.41) is 7.50. The van der Waals surface area contributed by atoms with Crippen LogP contribution in [0.1, 0.15) is 44.6 Å². The van der Waals surface area contributed by atoms with Gasteiger partial charge >= 0.3 is 0 Å². The maximum atomic E-state index is 12.4. The molecule has 1 atom stereocenters. The molecule has 2 heterocycles. The standard InChI is InChI=1S/C21H30N4O/c1-2-3-12-24-13-8-7-11-20(24)16-22-21(26)14-18-15-23-25(17-18)19-9-5-4-6-10-19/h4-6,9-10,15,17,20H,2-3,7-8,11-14,16H2,1H3,(H,22,26). The number of likely N-dealkylation sites (tertiary alicyclic amines) is 1. The second kappa shape index (κ2) is 9.53. The Morgan fingerprint density at radius 1 is 1.27 bits per heavy atom. The fourth-order valence-electron chi connectivity index (χ4n) is 3.60. The van der Waals surface area contributed by atoms with E-state index in [9.17, 15) is 4.79 Å². The van der Waals surface area contributed by atoms with Crippen LogP contribution in [0.25, 0.3) is 5.69 Å². The minimum absolute atomic E-state index is 0.0821. The van der Waals surface area contributed by atoms with Crippen molar-refractivity contribution in [3.05, 3.63) is 48.3 Å². The van der Waals surface area contributed by atoms with Gasteiger partial charge in [0.25, 0.3) is 0 Å². The van der Waals surface area contributed by atoms with Gasteiger partial charge < -0.3 is 5.32 Å². The molecule has 0 saturated carbocycles. The number of hydrogen-bond donors (Lipinski definition) is 1. The first-order valence-electron chi connectivity index (χ1n) is 9.86. The highest BCUT2D eigenvalue weighted by Gasteiger charge is 2.22. The van der Waals surface area contributed by atoms with Crippen LogP contribution in [0.2, 0.25) is 0 Å². The Kier molecular flexibility index (Phi) is 6.83. The summed E-state index contributed by atoms with van der Waals surface area (Å²) in [6.45, 7) is 5.32. The van der Waals surface area contributed by atoms with Crippen LogP contribution >= 0.6 is 0 Å². The van der Waals surface area contributed by atoms with Crippen LogP contribution in [0.5, 0.6) is 0 Å². The van der Waals surface area contributed by atoms with Crippen LogP contribution in [-0.2, 0) is 11.2 Å². The van der Waals surface area contributed by atoms with Crippen LogP contribution in [0, 0.1) is 0 Å². The van der Waals surface area contributed by atoms with E-state index in [1.807, 2.05) is 41.2 Å². The summed E-state index contributed by atoms with van der Waals surface area (Å²) in [4.78, 5) is 14.9. The number of unbranched alkanes of at least 4 members (excludes halogenated alkanes) is 1. The smallest absolute Gasteiger partial charge is 0.224 e. The molecule has 0 bridgehead atoms. The van der Waals surface area contributed by atoms with E-state index < -0.39 is 0 Å². The van der Waals surface area contributed by atoms with Crippen LogP contribution in [-0.4, -0.2) is 46.3 Å². The van der Waals surface area contributed by atoms with Crippen molar-refractivity contribution in [2.75, 3.05) is 19.6 Å². The minimum Gasteiger partial charge on any atom is -0.354 e. The second-order valence-corrected chi connectivity index (χ2v) is 7.15. The van der Waals surface area contributed by atoms with Gasteiger partial charge in [0, 0.05) is 18.8 Å². The number of hydrogen-bond acceptors (Lipinski definition) is 3. The number of carbonyl (C=O) groups is 1. The van der Waals surface area contributed by atoms with E-state index in [1.165, 1.54) is 38.6 Å². The summed E-state index contributed by atoms with van der Waals surface area (Å²) in [6, 6.07) is 10.5. The first-order valence-corrected chi connectivity index (χ1v) is 9.86. The monoisotopic (exact) mass is 354 g/mol. The van der Waals surface area contributed by atoms with Gasteiger partial charge in [-0.15, -0.1) is 0 Å². The zero-order valence-corrected chi connectivity index (χ0v) is 15.7. The predicted molar refractivity (Wildman–Crippen MR) is 104 cm³/mol. The lowest BCUT2D eigenvalue weighted by molar-refractivity contribution is -0.120. The fraction of sp³-hybridized carbons (Fsp3) is 0.524. The lowest BCUT2D eigenvalue weighted by Gasteiger charge is -2.35. The zero-order valence-electron chi connectivity index (χ0n) is 15.7. The molecule has 1 N–H and O–H groups in total. The van der Waals surface area contributed by atoms with Crippen molar-refractivity contribution in [2.24, 2.45) is 0 Å². The third kappa shape index (κ3) is 5.18. The normalized spacial score (nSPS) is 18.0. The second-order valence-electron chi connectivity index (χ2n) is 7.15. The van der Waals surface area contributed by atoms with Crippen molar-refractivity contribution in [1.29, 1.82) is 0 Å². The predicted octanol–water partition coefficient (Wildman–Crippen LogP) is 3.19. The molecule has 5 heteroatoms. The number of nitrogens with one attached hydrogen (secondary N) is 1. The molecule has 1 aliphatic rings. The molecule has 3 rings (SSSR count). The third-order valence-electron chi connectivity index (χ3n) is 5.10. The first-order chi connectivity index (χ1) is 12.8. The van der Waals surface area contributed by atoms with Crippen molar-refractivity contribution in [3.63, 3.8) is 0 Å². The summed E-state index contributed by atoms with van der Waals surface area (Å²) in [7, 11) is 0. The van der Waals surface area contributed by atoms with Gasteiger partial charge in [-0.1, -0.05) is 38.0 Å². The lowest BCUT2D eigenvalue weighted by Crippen LogP contribution is -2.47. The molecule has 1 unspecified atom stereocenters. The third-order valence-corrected chi connectivity index (χ3v) is 5.10. The summed E-state index contributed by atoms with van der Waals surface area (Å²) in [5.41, 5.74) is 1.95. The summed E-state index contributed by atoms with van der Waals surface area (Å²) in [5.74, 6) is 0.0821. The van der Waals surface area contributed by atoms with Crippen LogP contribution < -0.4 is 5.32 Å². The van der Waals surface area contributed by atoms with Gasteiger partial charge in [-0.3, -0.25) is 9.69 Å². The molecule has 0 radical (unpaired) electrons. The van der Waals surface area contributed by atoms with Gasteiger partial charge in [-0.2, -0.15) is 5.10 Å². The molecular formula is C21H30N4O. The maximum Gasteiger partial charge on any atom is 0.224 e. The first kappa shape index (κ1) is 18.6. The number of nitrogens with zero attached hydrogens (tertiary/aromatic N) is 3. The Labute approximate surface area is 156 Å². The molecule has 1 saturated heterocycles. The molecule has 26 heavy (non-hydrogen) atoms. The minimum atomic E-state index is 0.0821. The van der Waals surface area contributed by atoms with Crippen molar-refractivity contribution in [1.82, 2.24) is 20.0 Å². The van der Waals surface area contributed by atoms with E-state index in [4.69, 9.17) is 0 Å². The number of rotatable bonds is 8. The number of piperidine rings is 1. The Morgan fingerprint density at radius 2 is 2.12 bits per heavy atom. The average molecular weight is 354 g/mol. The number of para-hydroxylation sites is 1. The molecule has 1 aromatic carbocycles. The van der Waals surface area contributed by atoms with Gasteiger partial charge in [0.05, 0.1) is 18.3 Å². The van der Waals surface area contributed by atoms with Gasteiger partial charge in [0.1, 0.15) is 0 Å². The molecule has 1 aromatic heterocycles. The van der Waals surface area contributed by atoms with Crippen LogP contribution in [0.4, 0.5) is 0 Å². The molecule has 1 amide bonds. The number of aromatic nitrogens is 2. The zero-order chi connectivity index (χ0) is 18.2. The van der Waals surface area contributed by atoms with E-state index in [0.717, 1.165) is 24.3 Å². The Hall–Kier alpha value is -2.14. The van der Waals surface area contributed by atoms with Gasteiger partial charge in [0.2, 0.25) is 5.91 Å². The van der Waals surface area contributed by atoms with E-state index in [2.05, 4.69) is 22.2 Å². The summed E-state index contributed by atoms with van der Waals surface area (Å²) in [6.07, 6.45) is 10.3. The highest BCUT2D eigenvalue weighted by Crippen LogP contribution is 2.17. The quantitative estimate of drug-likeness (QED) is 0.792. The van der Waals surface area contributed by atoms with Gasteiger partial charge in [-0.25, -0.2) is 4.68 Å².